The highest BCUT2D eigenvalue weighted by Gasteiger charge is 2.34. The molecule has 1 heterocycles. The fraction of sp³-hybridized carbons (Fsp3) is 0.346. The van der Waals surface area contributed by atoms with E-state index in [1.54, 1.807) is 55.6 Å². The number of hydrogen-bond donors (Lipinski definition) is 0. The number of Topliss-reactive ketones (excluding diaryl/α,β-unsaturated/α-hetero) is 1. The van der Waals surface area contributed by atoms with Crippen LogP contribution in [0.25, 0.3) is 5.57 Å². The lowest BCUT2D eigenvalue weighted by atomic mass is 9.92. The van der Waals surface area contributed by atoms with E-state index in [1.165, 1.54) is 11.8 Å². The summed E-state index contributed by atoms with van der Waals surface area (Å²) in [6, 6.07) is 15.4. The molecular formula is C26H30O5S2. The first-order chi connectivity index (χ1) is 15.4. The first kappa shape index (κ1) is 26.7. The van der Waals surface area contributed by atoms with E-state index in [4.69, 9.17) is 9.47 Å². The Bertz CT molecular complexity index is 1040. The van der Waals surface area contributed by atoms with E-state index in [1.807, 2.05) is 50.6 Å². The molecule has 33 heavy (non-hydrogen) atoms. The molecule has 0 bridgehead atoms. The minimum absolute atomic E-state index is 0.194. The third-order valence-electron chi connectivity index (χ3n) is 4.97. The number of benzene rings is 2. The predicted octanol–water partition coefficient (Wildman–Crippen LogP) is 6.06. The van der Waals surface area contributed by atoms with Crippen LogP contribution in [0, 0.1) is 0 Å². The quantitative estimate of drug-likeness (QED) is 0.279. The zero-order valence-corrected chi connectivity index (χ0v) is 21.7. The maximum atomic E-state index is 12.1. The van der Waals surface area contributed by atoms with E-state index < -0.39 is 17.2 Å². The van der Waals surface area contributed by atoms with Crippen molar-refractivity contribution in [2.45, 2.75) is 55.6 Å². The summed E-state index contributed by atoms with van der Waals surface area (Å²) in [7, 11) is 0. The van der Waals surface area contributed by atoms with E-state index >= 15 is 0 Å². The summed E-state index contributed by atoms with van der Waals surface area (Å²) in [4.78, 5) is 36.6. The predicted molar refractivity (Wildman–Crippen MR) is 135 cm³/mol. The van der Waals surface area contributed by atoms with Gasteiger partial charge in [-0.15, -0.1) is 23.5 Å². The summed E-state index contributed by atoms with van der Waals surface area (Å²) < 4.78 is 10.3. The van der Waals surface area contributed by atoms with Gasteiger partial charge in [0.25, 0.3) is 0 Å². The van der Waals surface area contributed by atoms with Crippen molar-refractivity contribution >= 4 is 46.8 Å². The molecule has 0 fully saturated rings. The number of cyclic esters (lactones) is 1. The summed E-state index contributed by atoms with van der Waals surface area (Å²) in [6.07, 6.45) is 5.59. The molecule has 0 atom stereocenters. The summed E-state index contributed by atoms with van der Waals surface area (Å²) >= 11 is 3.31. The van der Waals surface area contributed by atoms with E-state index in [-0.39, 0.29) is 11.8 Å². The van der Waals surface area contributed by atoms with Crippen LogP contribution in [0.1, 0.15) is 50.5 Å². The highest BCUT2D eigenvalue weighted by atomic mass is 32.2. The number of carbonyl (C=O) groups is 3. The molecule has 0 unspecified atom stereocenters. The first-order valence-corrected chi connectivity index (χ1v) is 12.8. The molecule has 0 saturated heterocycles. The third kappa shape index (κ3) is 7.24. The second-order valence-electron chi connectivity index (χ2n) is 8.38. The van der Waals surface area contributed by atoms with Gasteiger partial charge in [-0.2, -0.15) is 0 Å². The van der Waals surface area contributed by atoms with Crippen LogP contribution in [-0.4, -0.2) is 41.4 Å². The van der Waals surface area contributed by atoms with E-state index in [0.717, 1.165) is 16.0 Å². The second-order valence-corrected chi connectivity index (χ2v) is 10.1. The second kappa shape index (κ2) is 11.1. The molecule has 0 amide bonds. The van der Waals surface area contributed by atoms with E-state index in [9.17, 15) is 14.4 Å². The molecule has 3 rings (SSSR count). The smallest absolute Gasteiger partial charge is 0.332 e. The number of rotatable bonds is 6. The molecule has 0 spiro atoms. The summed E-state index contributed by atoms with van der Waals surface area (Å²) in [5, 5.41) is 0. The van der Waals surface area contributed by atoms with Gasteiger partial charge in [0.05, 0.1) is 0 Å². The highest BCUT2D eigenvalue weighted by molar-refractivity contribution is 7.98. The molecule has 0 aromatic heterocycles. The summed E-state index contributed by atoms with van der Waals surface area (Å²) in [5.41, 5.74) is 0.915. The normalized spacial score (nSPS) is 14.5. The van der Waals surface area contributed by atoms with Crippen LogP contribution in [0.5, 0.6) is 0 Å². The zero-order chi connectivity index (χ0) is 24.8. The Hall–Kier alpha value is -2.51. The third-order valence-corrected chi connectivity index (χ3v) is 6.45. The molecule has 0 N–H and O–H groups in total. The van der Waals surface area contributed by atoms with Crippen molar-refractivity contribution in [1.29, 1.82) is 0 Å². The SMILES string of the molecule is CSc1ccc(C(=O)C(C)(C)OC(C)=O)cc1.CSc1ccc(C2=CC(=O)OC2(C)C)cc1. The molecular weight excluding hydrogens is 456 g/mol. The Kier molecular flexibility index (Phi) is 8.97. The molecule has 1 aliphatic rings. The maximum absolute atomic E-state index is 12.1. The number of ether oxygens (including phenoxy) is 2. The molecule has 5 nitrogen and oxygen atoms in total. The van der Waals surface area contributed by atoms with Crippen molar-refractivity contribution in [3.63, 3.8) is 0 Å². The molecule has 2 aromatic rings. The Morgan fingerprint density at radius 3 is 1.79 bits per heavy atom. The van der Waals surface area contributed by atoms with Gasteiger partial charge >= 0.3 is 11.9 Å². The molecule has 1 aliphatic heterocycles. The van der Waals surface area contributed by atoms with Gasteiger partial charge in [-0.05, 0) is 70.0 Å². The van der Waals surface area contributed by atoms with Crippen molar-refractivity contribution in [2.24, 2.45) is 0 Å². The number of ketones is 1. The van der Waals surface area contributed by atoms with Gasteiger partial charge in [0.1, 0.15) is 5.60 Å². The Balaban J connectivity index is 0.000000234. The largest absolute Gasteiger partial charge is 0.452 e. The number of hydrogen-bond acceptors (Lipinski definition) is 7. The molecule has 0 saturated carbocycles. The summed E-state index contributed by atoms with van der Waals surface area (Å²) in [6.45, 7) is 8.31. The number of carbonyl (C=O) groups excluding carboxylic acids is 3. The van der Waals surface area contributed by atoms with Crippen LogP contribution >= 0.6 is 23.5 Å². The molecule has 7 heteroatoms. The lowest BCUT2D eigenvalue weighted by molar-refractivity contribution is -0.149. The van der Waals surface area contributed by atoms with Crippen molar-refractivity contribution in [3.8, 4) is 0 Å². The Morgan fingerprint density at radius 1 is 0.909 bits per heavy atom. The van der Waals surface area contributed by atoms with Crippen molar-refractivity contribution in [1.82, 2.24) is 0 Å². The average molecular weight is 487 g/mol. The number of esters is 2. The van der Waals surface area contributed by atoms with Crippen LogP contribution in [0.2, 0.25) is 0 Å². The van der Waals surface area contributed by atoms with Gasteiger partial charge in [0, 0.05) is 33.9 Å². The van der Waals surface area contributed by atoms with Crippen molar-refractivity contribution in [2.75, 3.05) is 12.5 Å². The fourth-order valence-electron chi connectivity index (χ4n) is 3.32. The first-order valence-electron chi connectivity index (χ1n) is 10.4. The van der Waals surface area contributed by atoms with Gasteiger partial charge < -0.3 is 9.47 Å². The van der Waals surface area contributed by atoms with Crippen molar-refractivity contribution in [3.05, 3.63) is 65.7 Å². The van der Waals surface area contributed by atoms with Crippen LogP contribution in [0.15, 0.2) is 64.4 Å². The van der Waals surface area contributed by atoms with Gasteiger partial charge in [-0.25, -0.2) is 4.79 Å². The zero-order valence-electron chi connectivity index (χ0n) is 20.1. The topological polar surface area (TPSA) is 69.7 Å². The van der Waals surface area contributed by atoms with Crippen LogP contribution < -0.4 is 0 Å². The molecule has 2 aromatic carbocycles. The van der Waals surface area contributed by atoms with Gasteiger partial charge in [-0.1, -0.05) is 24.3 Å². The molecule has 0 radical (unpaired) electrons. The fourth-order valence-corrected chi connectivity index (χ4v) is 4.14. The van der Waals surface area contributed by atoms with Gasteiger partial charge in [-0.3, -0.25) is 9.59 Å². The van der Waals surface area contributed by atoms with Crippen molar-refractivity contribution < 1.29 is 23.9 Å². The standard InChI is InChI=1S/C13H16O3S.C13H14O2S/c1-9(14)16-13(2,3)12(15)10-5-7-11(17-4)8-6-10;1-13(2)11(8-12(14)15-13)9-4-6-10(16-3)7-5-9/h5-8H,1-4H3;4-8H,1-3H3. The van der Waals surface area contributed by atoms with E-state index in [0.29, 0.717) is 5.56 Å². The number of thioether (sulfide) groups is 2. The molecule has 0 aliphatic carbocycles. The average Bonchev–Trinajstić information content (AvgIpc) is 3.04. The molecule has 176 valence electrons. The maximum Gasteiger partial charge on any atom is 0.332 e. The van der Waals surface area contributed by atoms with Crippen LogP contribution in [0.3, 0.4) is 0 Å². The Labute approximate surface area is 204 Å². The summed E-state index contributed by atoms with van der Waals surface area (Å²) in [5.74, 6) is -0.904. The van der Waals surface area contributed by atoms with Crippen LogP contribution in [0.4, 0.5) is 0 Å². The van der Waals surface area contributed by atoms with Gasteiger partial charge in [0.2, 0.25) is 5.78 Å². The van der Waals surface area contributed by atoms with Gasteiger partial charge in [0.15, 0.2) is 5.60 Å². The lowest BCUT2D eigenvalue weighted by Crippen LogP contribution is -2.36. The minimum Gasteiger partial charge on any atom is -0.452 e. The Morgan fingerprint density at radius 2 is 1.39 bits per heavy atom. The van der Waals surface area contributed by atoms with E-state index in [2.05, 4.69) is 12.1 Å². The monoisotopic (exact) mass is 486 g/mol. The van der Waals surface area contributed by atoms with Crippen LogP contribution in [-0.2, 0) is 19.1 Å². The minimum atomic E-state index is -1.12. The highest BCUT2D eigenvalue weighted by Crippen LogP contribution is 2.35. The lowest BCUT2D eigenvalue weighted by Gasteiger charge is -2.22.